The summed E-state index contributed by atoms with van der Waals surface area (Å²) in [6, 6.07) is 0. The van der Waals surface area contributed by atoms with Gasteiger partial charge < -0.3 is 24.0 Å². The zero-order valence-corrected chi connectivity index (χ0v) is 22.0. The average molecular weight is 537 g/mol. The summed E-state index contributed by atoms with van der Waals surface area (Å²) in [5, 5.41) is 0.367. The number of hydrogen-bond acceptors (Lipinski definition) is 2. The smallest absolute Gasteiger partial charge is 0.243 e. The van der Waals surface area contributed by atoms with E-state index in [1.54, 1.807) is 0 Å². The molecule has 1 heterocycles. The highest BCUT2D eigenvalue weighted by Gasteiger charge is 2.05. The van der Waals surface area contributed by atoms with E-state index in [9.17, 15) is 4.79 Å². The Morgan fingerprint density at radius 2 is 1.31 bits per heavy atom. The van der Waals surface area contributed by atoms with E-state index < -0.39 is 0 Å². The number of aromatic nitrogens is 2. The van der Waals surface area contributed by atoms with Crippen LogP contribution in [-0.4, -0.2) is 15.4 Å². The molecule has 29 heavy (non-hydrogen) atoms. The van der Waals surface area contributed by atoms with Gasteiger partial charge in [-0.05, 0) is 6.42 Å². The summed E-state index contributed by atoms with van der Waals surface area (Å²) in [7, 11) is 2.02. The van der Waals surface area contributed by atoms with E-state index in [-0.39, 0.29) is 24.0 Å². The molecule has 0 bridgehead atoms. The van der Waals surface area contributed by atoms with E-state index in [0.717, 1.165) is 25.1 Å². The number of rotatable bonds is 19. The lowest BCUT2D eigenvalue weighted by atomic mass is 10.0. The Balaban J connectivity index is 0.00000784. The molecule has 0 aromatic carbocycles. The molecule has 0 fully saturated rings. The zero-order valence-electron chi connectivity index (χ0n) is 19.0. The van der Waals surface area contributed by atoms with Gasteiger partial charge in [0.05, 0.1) is 13.6 Å². The molecule has 0 aliphatic heterocycles. The number of halogens is 1. The van der Waals surface area contributed by atoms with Gasteiger partial charge in [0.25, 0.3) is 0 Å². The number of carbonyl (C=O) groups is 1. The molecule has 5 heteroatoms. The first-order valence-corrected chi connectivity index (χ1v) is 12.9. The van der Waals surface area contributed by atoms with E-state index >= 15 is 0 Å². The summed E-state index contributed by atoms with van der Waals surface area (Å²) in [6.45, 7) is 3.20. The number of hydrogen-bond donors (Lipinski definition) is 0. The van der Waals surface area contributed by atoms with Gasteiger partial charge in [-0.2, -0.15) is 0 Å². The Morgan fingerprint density at radius 1 is 0.828 bits per heavy atom. The van der Waals surface area contributed by atoms with Gasteiger partial charge in [0.15, 0.2) is 5.12 Å². The number of carbonyl (C=O) groups excluding carboxylic acids is 1. The Hall–Kier alpha value is -0.0400. The van der Waals surface area contributed by atoms with Crippen LogP contribution >= 0.6 is 11.8 Å². The SMILES string of the molecule is CCCCCCCCCCCCCCCCCC(=O)SCCn1cc[n+](C)c1.[I-]. The van der Waals surface area contributed by atoms with Crippen LogP contribution in [0.3, 0.4) is 0 Å². The molecule has 1 rings (SSSR count). The molecule has 0 atom stereocenters. The van der Waals surface area contributed by atoms with E-state index in [1.807, 2.05) is 17.8 Å². The van der Waals surface area contributed by atoms with Crippen molar-refractivity contribution in [1.29, 1.82) is 0 Å². The van der Waals surface area contributed by atoms with Crippen molar-refractivity contribution in [3.63, 3.8) is 0 Å². The fourth-order valence-corrected chi connectivity index (χ4v) is 4.43. The van der Waals surface area contributed by atoms with Crippen molar-refractivity contribution < 1.29 is 33.3 Å². The number of nitrogens with zero attached hydrogens (tertiary/aromatic N) is 2. The molecule has 0 radical (unpaired) electrons. The Kier molecular flexibility index (Phi) is 21.2. The molecule has 0 amide bonds. The van der Waals surface area contributed by atoms with E-state index in [2.05, 4.69) is 24.0 Å². The molecule has 0 aliphatic rings. The van der Waals surface area contributed by atoms with Crippen molar-refractivity contribution in [1.82, 2.24) is 4.57 Å². The molecule has 170 valence electrons. The standard InChI is InChI=1S/C24H45N2OS.HI/c1-3-4-5-6-7-8-9-10-11-12-13-14-15-16-17-18-24(27)28-22-21-26-20-19-25(2)23-26;/h19-20,23H,3-18,21-22H2,1-2H3;1H/q+1;/p-1. The highest BCUT2D eigenvalue weighted by molar-refractivity contribution is 8.13. The lowest BCUT2D eigenvalue weighted by molar-refractivity contribution is -0.671. The summed E-state index contributed by atoms with van der Waals surface area (Å²) in [5.41, 5.74) is 0. The first-order valence-electron chi connectivity index (χ1n) is 11.9. The lowest BCUT2D eigenvalue weighted by Gasteiger charge is -2.03. The molecule has 0 saturated heterocycles. The first-order chi connectivity index (χ1) is 13.7. The zero-order chi connectivity index (χ0) is 20.3. The second-order valence-electron chi connectivity index (χ2n) is 8.24. The van der Waals surface area contributed by atoms with Gasteiger partial charge in [-0.3, -0.25) is 4.79 Å². The topological polar surface area (TPSA) is 25.9 Å². The molecule has 0 saturated carbocycles. The Labute approximate surface area is 201 Å². The Bertz CT molecular complexity index is 493. The molecule has 1 aromatic rings. The van der Waals surface area contributed by atoms with Crippen LogP contribution in [0, 0.1) is 0 Å². The third-order valence-electron chi connectivity index (χ3n) is 5.42. The molecular formula is C24H45IN2OS. The highest BCUT2D eigenvalue weighted by Crippen LogP contribution is 2.15. The molecule has 0 unspecified atom stereocenters. The maximum atomic E-state index is 11.9. The van der Waals surface area contributed by atoms with Gasteiger partial charge in [0, 0.05) is 12.2 Å². The van der Waals surface area contributed by atoms with Crippen LogP contribution in [0.4, 0.5) is 0 Å². The predicted molar refractivity (Wildman–Crippen MR) is 123 cm³/mol. The van der Waals surface area contributed by atoms with Crippen LogP contribution in [0.5, 0.6) is 0 Å². The number of aryl methyl sites for hydroxylation is 2. The van der Waals surface area contributed by atoms with E-state index in [0.29, 0.717) is 5.12 Å². The fraction of sp³-hybridized carbons (Fsp3) is 0.833. The second kappa shape index (κ2) is 21.2. The maximum Gasteiger partial charge on any atom is 0.243 e. The third kappa shape index (κ3) is 18.4. The van der Waals surface area contributed by atoms with E-state index in [4.69, 9.17) is 0 Å². The third-order valence-corrected chi connectivity index (χ3v) is 6.33. The van der Waals surface area contributed by atoms with Crippen LogP contribution in [0.2, 0.25) is 0 Å². The van der Waals surface area contributed by atoms with Crippen LogP contribution in [0.25, 0.3) is 0 Å². The lowest BCUT2D eigenvalue weighted by Crippen LogP contribution is -3.00. The summed E-state index contributed by atoms with van der Waals surface area (Å²) >= 11 is 1.50. The summed E-state index contributed by atoms with van der Waals surface area (Å²) in [5.74, 6) is 0.881. The molecule has 0 N–H and O–H groups in total. The molecular weight excluding hydrogens is 491 g/mol. The summed E-state index contributed by atoms with van der Waals surface area (Å²) in [4.78, 5) is 11.9. The number of imidazole rings is 1. The fourth-order valence-electron chi connectivity index (χ4n) is 3.61. The largest absolute Gasteiger partial charge is 1.00 e. The quantitative estimate of drug-likeness (QED) is 0.153. The van der Waals surface area contributed by atoms with Crippen LogP contribution in [0.15, 0.2) is 18.7 Å². The monoisotopic (exact) mass is 536 g/mol. The van der Waals surface area contributed by atoms with Gasteiger partial charge >= 0.3 is 0 Å². The molecule has 0 aliphatic carbocycles. The van der Waals surface area contributed by atoms with Gasteiger partial charge in [-0.1, -0.05) is 109 Å². The van der Waals surface area contributed by atoms with Crippen molar-refractivity contribution >= 4 is 16.9 Å². The summed E-state index contributed by atoms with van der Waals surface area (Å²) in [6.07, 6.45) is 27.5. The van der Waals surface area contributed by atoms with Gasteiger partial charge in [-0.15, -0.1) is 0 Å². The van der Waals surface area contributed by atoms with Gasteiger partial charge in [0.1, 0.15) is 12.4 Å². The minimum absolute atomic E-state index is 0. The van der Waals surface area contributed by atoms with Crippen molar-refractivity contribution in [2.75, 3.05) is 5.75 Å². The van der Waals surface area contributed by atoms with Crippen molar-refractivity contribution in [2.45, 2.75) is 116 Å². The number of unbranched alkanes of at least 4 members (excludes halogenated alkanes) is 14. The van der Waals surface area contributed by atoms with Crippen molar-refractivity contribution in [3.8, 4) is 0 Å². The normalized spacial score (nSPS) is 10.8. The summed E-state index contributed by atoms with van der Waals surface area (Å²) < 4.78 is 4.16. The Morgan fingerprint density at radius 3 is 1.76 bits per heavy atom. The van der Waals surface area contributed by atoms with Gasteiger partial charge in [-0.25, -0.2) is 9.13 Å². The minimum atomic E-state index is 0. The first kappa shape index (κ1) is 29.0. The second-order valence-corrected chi connectivity index (χ2v) is 9.39. The van der Waals surface area contributed by atoms with Gasteiger partial charge in [0.2, 0.25) is 6.33 Å². The minimum Gasteiger partial charge on any atom is -1.00 e. The average Bonchev–Trinajstić information content (AvgIpc) is 3.10. The van der Waals surface area contributed by atoms with Crippen molar-refractivity contribution in [2.24, 2.45) is 7.05 Å². The predicted octanol–water partition coefficient (Wildman–Crippen LogP) is 3.84. The number of thioether (sulfide) groups is 1. The maximum absolute atomic E-state index is 11.9. The highest BCUT2D eigenvalue weighted by atomic mass is 127. The van der Waals surface area contributed by atoms with Crippen LogP contribution in [-0.2, 0) is 18.4 Å². The van der Waals surface area contributed by atoms with Crippen LogP contribution < -0.4 is 28.5 Å². The van der Waals surface area contributed by atoms with E-state index in [1.165, 1.54) is 102 Å². The van der Waals surface area contributed by atoms with Crippen molar-refractivity contribution in [3.05, 3.63) is 18.7 Å². The molecule has 0 spiro atoms. The molecule has 3 nitrogen and oxygen atoms in total. The molecule has 1 aromatic heterocycles. The van der Waals surface area contributed by atoms with Crippen LogP contribution in [0.1, 0.15) is 110 Å².